The third-order valence-electron chi connectivity index (χ3n) is 5.35. The Bertz CT molecular complexity index is 859. The lowest BCUT2D eigenvalue weighted by atomic mass is 9.84. The third-order valence-corrected chi connectivity index (χ3v) is 5.35. The first-order valence-corrected chi connectivity index (χ1v) is 8.18. The van der Waals surface area contributed by atoms with E-state index in [1.807, 2.05) is 0 Å². The van der Waals surface area contributed by atoms with Gasteiger partial charge < -0.3 is 4.90 Å². The topological polar surface area (TPSA) is 38.1 Å². The summed E-state index contributed by atoms with van der Waals surface area (Å²) in [6.45, 7) is 1.58. The van der Waals surface area contributed by atoms with Crippen LogP contribution in [0.1, 0.15) is 36.6 Å². The van der Waals surface area contributed by atoms with E-state index >= 15 is 0 Å². The number of aromatic nitrogens is 2. The van der Waals surface area contributed by atoms with Crippen molar-refractivity contribution in [3.05, 3.63) is 39.9 Å². The van der Waals surface area contributed by atoms with Crippen LogP contribution in [0.4, 0.5) is 13.2 Å². The molecule has 0 radical (unpaired) electrons. The van der Waals surface area contributed by atoms with Gasteiger partial charge >= 0.3 is 6.18 Å². The minimum absolute atomic E-state index is 0.115. The summed E-state index contributed by atoms with van der Waals surface area (Å²) in [6, 6.07) is 3.51. The molecule has 128 valence electrons. The molecule has 1 fully saturated rings. The first-order valence-electron chi connectivity index (χ1n) is 8.18. The van der Waals surface area contributed by atoms with Gasteiger partial charge in [-0.25, -0.2) is 4.98 Å². The van der Waals surface area contributed by atoms with E-state index in [-0.39, 0.29) is 22.4 Å². The van der Waals surface area contributed by atoms with Crippen LogP contribution in [0.2, 0.25) is 0 Å². The maximum absolute atomic E-state index is 13.0. The van der Waals surface area contributed by atoms with Crippen molar-refractivity contribution in [3.8, 4) is 0 Å². The summed E-state index contributed by atoms with van der Waals surface area (Å²) < 4.78 is 40.5. The van der Waals surface area contributed by atoms with Crippen LogP contribution in [0.5, 0.6) is 0 Å². The molecule has 24 heavy (non-hydrogen) atoms. The third kappa shape index (κ3) is 2.33. The van der Waals surface area contributed by atoms with Crippen LogP contribution >= 0.6 is 0 Å². The standard InChI is InChI=1S/C17H18F3N3O/c1-22-7-2-3-12-14(22)6-8-23-15(12)21-13-9-10(17(18,19)20)4-5-11(13)16(23)24/h4-5,9,12,14H,2-3,6-8H2,1H3/t12-,14+/m0/s1. The number of hydrogen-bond donors (Lipinski definition) is 0. The van der Waals surface area contributed by atoms with E-state index in [1.54, 1.807) is 4.57 Å². The number of hydrogen-bond acceptors (Lipinski definition) is 3. The molecule has 2 aromatic rings. The molecule has 4 nitrogen and oxygen atoms in total. The second-order valence-corrected chi connectivity index (χ2v) is 6.74. The highest BCUT2D eigenvalue weighted by atomic mass is 19.4. The van der Waals surface area contributed by atoms with Gasteiger partial charge in [-0.3, -0.25) is 9.36 Å². The van der Waals surface area contributed by atoms with Crippen LogP contribution in [-0.2, 0) is 12.7 Å². The number of alkyl halides is 3. The number of rotatable bonds is 0. The quantitative estimate of drug-likeness (QED) is 0.742. The number of nitrogens with zero attached hydrogens (tertiary/aromatic N) is 3. The molecule has 0 N–H and O–H groups in total. The monoisotopic (exact) mass is 337 g/mol. The van der Waals surface area contributed by atoms with E-state index in [0.717, 1.165) is 37.9 Å². The molecule has 0 aliphatic carbocycles. The van der Waals surface area contributed by atoms with Gasteiger partial charge in [0.1, 0.15) is 5.82 Å². The van der Waals surface area contributed by atoms with E-state index in [1.165, 1.54) is 6.07 Å². The van der Waals surface area contributed by atoms with E-state index in [2.05, 4.69) is 16.9 Å². The smallest absolute Gasteiger partial charge is 0.303 e. The Labute approximate surface area is 136 Å². The Morgan fingerprint density at radius 3 is 2.75 bits per heavy atom. The lowest BCUT2D eigenvalue weighted by Gasteiger charge is -2.42. The predicted octanol–water partition coefficient (Wildman–Crippen LogP) is 3.00. The fourth-order valence-corrected chi connectivity index (χ4v) is 4.12. The molecule has 1 saturated heterocycles. The largest absolute Gasteiger partial charge is 0.416 e. The Balaban J connectivity index is 1.91. The van der Waals surface area contributed by atoms with E-state index < -0.39 is 11.7 Å². The molecule has 0 unspecified atom stereocenters. The van der Waals surface area contributed by atoms with Gasteiger partial charge in [0.15, 0.2) is 0 Å². The summed E-state index contributed by atoms with van der Waals surface area (Å²) in [5.74, 6) is 0.763. The Morgan fingerprint density at radius 2 is 2.00 bits per heavy atom. The normalized spacial score (nSPS) is 24.7. The number of piperidine rings is 1. The Kier molecular flexibility index (Phi) is 3.46. The summed E-state index contributed by atoms with van der Waals surface area (Å²) in [6.07, 6.45) is -1.63. The van der Waals surface area contributed by atoms with E-state index in [4.69, 9.17) is 0 Å². The van der Waals surface area contributed by atoms with E-state index in [9.17, 15) is 18.0 Å². The maximum Gasteiger partial charge on any atom is 0.416 e. The molecule has 0 amide bonds. The van der Waals surface area contributed by atoms with Crippen molar-refractivity contribution in [2.75, 3.05) is 13.6 Å². The van der Waals surface area contributed by atoms with Crippen LogP contribution in [0.15, 0.2) is 23.0 Å². The van der Waals surface area contributed by atoms with Gasteiger partial charge in [0.25, 0.3) is 5.56 Å². The van der Waals surface area contributed by atoms with Crippen LogP contribution in [0.25, 0.3) is 10.9 Å². The zero-order valence-electron chi connectivity index (χ0n) is 13.3. The summed E-state index contributed by atoms with van der Waals surface area (Å²) in [7, 11) is 2.06. The molecule has 4 rings (SSSR count). The van der Waals surface area contributed by atoms with Gasteiger partial charge in [-0.2, -0.15) is 13.2 Å². The Morgan fingerprint density at radius 1 is 1.21 bits per heavy atom. The van der Waals surface area contributed by atoms with Gasteiger partial charge in [-0.05, 0) is 51.1 Å². The van der Waals surface area contributed by atoms with Crippen LogP contribution < -0.4 is 5.56 Å². The second kappa shape index (κ2) is 5.31. The van der Waals surface area contributed by atoms with Crippen molar-refractivity contribution in [3.63, 3.8) is 0 Å². The Hall–Kier alpha value is -1.89. The zero-order valence-corrected chi connectivity index (χ0v) is 13.3. The molecule has 2 atom stereocenters. The molecule has 0 saturated carbocycles. The molecule has 2 aliphatic heterocycles. The lowest BCUT2D eigenvalue weighted by Crippen LogP contribution is -2.47. The van der Waals surface area contributed by atoms with Crippen molar-refractivity contribution in [2.45, 2.75) is 43.9 Å². The highest BCUT2D eigenvalue weighted by molar-refractivity contribution is 5.78. The van der Waals surface area contributed by atoms with Crippen molar-refractivity contribution in [2.24, 2.45) is 0 Å². The highest BCUT2D eigenvalue weighted by Crippen LogP contribution is 2.37. The van der Waals surface area contributed by atoms with Crippen molar-refractivity contribution in [1.82, 2.24) is 14.5 Å². The van der Waals surface area contributed by atoms with Crippen LogP contribution in [-0.4, -0.2) is 34.1 Å². The van der Waals surface area contributed by atoms with Crippen LogP contribution in [0, 0.1) is 0 Å². The molecule has 0 spiro atoms. The average molecular weight is 337 g/mol. The fourth-order valence-electron chi connectivity index (χ4n) is 4.12. The highest BCUT2D eigenvalue weighted by Gasteiger charge is 2.37. The van der Waals surface area contributed by atoms with Gasteiger partial charge in [0.05, 0.1) is 16.5 Å². The van der Waals surface area contributed by atoms with Crippen LogP contribution in [0.3, 0.4) is 0 Å². The van der Waals surface area contributed by atoms with Crippen molar-refractivity contribution in [1.29, 1.82) is 0 Å². The van der Waals surface area contributed by atoms with Gasteiger partial charge in [0, 0.05) is 18.5 Å². The minimum Gasteiger partial charge on any atom is -0.303 e. The summed E-state index contributed by atoms with van der Waals surface area (Å²) in [5, 5.41) is 0.259. The maximum atomic E-state index is 13.0. The molecule has 2 aliphatic rings. The molecular weight excluding hydrogens is 319 g/mol. The summed E-state index contributed by atoms with van der Waals surface area (Å²) in [5.41, 5.74) is -0.842. The fraction of sp³-hybridized carbons (Fsp3) is 0.529. The zero-order chi connectivity index (χ0) is 17.1. The number of likely N-dealkylation sites (N-methyl/N-ethyl adjacent to an activating group) is 1. The first kappa shape index (κ1) is 15.6. The lowest BCUT2D eigenvalue weighted by molar-refractivity contribution is -0.137. The number of benzene rings is 1. The summed E-state index contributed by atoms with van der Waals surface area (Å²) >= 11 is 0. The molecular formula is C17H18F3N3O. The summed E-state index contributed by atoms with van der Waals surface area (Å²) in [4.78, 5) is 19.5. The number of likely N-dealkylation sites (tertiary alicyclic amines) is 1. The van der Waals surface area contributed by atoms with Crippen molar-refractivity contribution < 1.29 is 13.2 Å². The number of halogens is 3. The van der Waals surface area contributed by atoms with Gasteiger partial charge in [0.2, 0.25) is 0 Å². The van der Waals surface area contributed by atoms with Gasteiger partial charge in [-0.15, -0.1) is 0 Å². The van der Waals surface area contributed by atoms with E-state index in [0.29, 0.717) is 18.4 Å². The minimum atomic E-state index is -4.43. The molecule has 1 aromatic carbocycles. The molecule has 7 heteroatoms. The first-order chi connectivity index (χ1) is 11.4. The second-order valence-electron chi connectivity index (χ2n) is 6.74. The average Bonchev–Trinajstić information content (AvgIpc) is 2.54. The SMILES string of the molecule is CN1CCC[C@@H]2c3nc4cc(C(F)(F)F)ccc4c(=O)n3CC[C@H]21. The van der Waals surface area contributed by atoms with Gasteiger partial charge in [-0.1, -0.05) is 0 Å². The van der Waals surface area contributed by atoms with Crippen molar-refractivity contribution >= 4 is 10.9 Å². The molecule has 1 aromatic heterocycles. The molecule has 0 bridgehead atoms. The molecule has 3 heterocycles. The number of fused-ring (bicyclic) bond motifs is 4. The predicted molar refractivity (Wildman–Crippen MR) is 84.0 cm³/mol.